The highest BCUT2D eigenvalue weighted by molar-refractivity contribution is 5.97. The van der Waals surface area contributed by atoms with Crippen molar-refractivity contribution in [3.63, 3.8) is 0 Å². The Balaban J connectivity index is 1.56. The number of hydrogen-bond donors (Lipinski definition) is 1. The molecule has 2 aromatic carbocycles. The SMILES string of the molecule is C[C@@H](OC(=O)c1ccc(OC(F)F)cc1)C(=O)Nc1ccc2c(c1)OCO2. The van der Waals surface area contributed by atoms with Crippen molar-refractivity contribution in [1.82, 2.24) is 0 Å². The molecule has 0 aromatic heterocycles. The Bertz CT molecular complexity index is 840. The van der Waals surface area contributed by atoms with Crippen molar-refractivity contribution >= 4 is 17.6 Å². The van der Waals surface area contributed by atoms with Crippen molar-refractivity contribution in [3.05, 3.63) is 48.0 Å². The van der Waals surface area contributed by atoms with Gasteiger partial charge in [0.1, 0.15) is 5.75 Å². The van der Waals surface area contributed by atoms with Crippen LogP contribution in [0, 0.1) is 0 Å². The smallest absolute Gasteiger partial charge is 0.387 e. The minimum atomic E-state index is -2.96. The zero-order valence-corrected chi connectivity index (χ0v) is 14.1. The third kappa shape index (κ3) is 4.63. The molecule has 0 saturated heterocycles. The number of anilines is 1. The first-order valence-corrected chi connectivity index (χ1v) is 7.89. The van der Waals surface area contributed by atoms with Gasteiger partial charge in [-0.2, -0.15) is 8.78 Å². The van der Waals surface area contributed by atoms with E-state index < -0.39 is 24.6 Å². The summed E-state index contributed by atoms with van der Waals surface area (Å²) in [5.41, 5.74) is 0.556. The molecule has 9 heteroatoms. The van der Waals surface area contributed by atoms with Crippen LogP contribution in [-0.2, 0) is 9.53 Å². The van der Waals surface area contributed by atoms with Gasteiger partial charge in [-0.3, -0.25) is 4.79 Å². The molecular weight excluding hydrogens is 364 g/mol. The quantitative estimate of drug-likeness (QED) is 0.776. The summed E-state index contributed by atoms with van der Waals surface area (Å²) in [7, 11) is 0. The topological polar surface area (TPSA) is 83.1 Å². The van der Waals surface area contributed by atoms with Crippen molar-refractivity contribution in [3.8, 4) is 17.2 Å². The predicted molar refractivity (Wildman–Crippen MR) is 89.1 cm³/mol. The molecule has 1 aliphatic heterocycles. The van der Waals surface area contributed by atoms with Gasteiger partial charge < -0.3 is 24.3 Å². The van der Waals surface area contributed by atoms with E-state index in [1.54, 1.807) is 18.2 Å². The number of hydrogen-bond acceptors (Lipinski definition) is 6. The summed E-state index contributed by atoms with van der Waals surface area (Å²) in [4.78, 5) is 24.3. The number of rotatable bonds is 6. The van der Waals surface area contributed by atoms with E-state index in [0.717, 1.165) is 0 Å². The molecule has 1 aliphatic rings. The zero-order valence-electron chi connectivity index (χ0n) is 14.1. The second kappa shape index (κ2) is 7.90. The van der Waals surface area contributed by atoms with Crippen LogP contribution >= 0.6 is 0 Å². The number of amides is 1. The second-order valence-electron chi connectivity index (χ2n) is 5.51. The number of esters is 1. The minimum Gasteiger partial charge on any atom is -0.454 e. The Morgan fingerprint density at radius 1 is 1.07 bits per heavy atom. The highest BCUT2D eigenvalue weighted by Crippen LogP contribution is 2.34. The minimum absolute atomic E-state index is 0.0878. The van der Waals surface area contributed by atoms with Crippen molar-refractivity contribution in [2.24, 2.45) is 0 Å². The Labute approximate surface area is 152 Å². The summed E-state index contributed by atoms with van der Waals surface area (Å²) in [6.45, 7) is -1.43. The molecule has 3 rings (SSSR count). The fourth-order valence-corrected chi connectivity index (χ4v) is 2.27. The van der Waals surface area contributed by atoms with E-state index in [-0.39, 0.29) is 18.1 Å². The number of benzene rings is 2. The number of ether oxygens (including phenoxy) is 4. The lowest BCUT2D eigenvalue weighted by molar-refractivity contribution is -0.123. The normalized spacial score (nSPS) is 13.2. The number of fused-ring (bicyclic) bond motifs is 1. The largest absolute Gasteiger partial charge is 0.454 e. The summed E-state index contributed by atoms with van der Waals surface area (Å²) < 4.78 is 43.9. The Kier molecular flexibility index (Phi) is 5.39. The van der Waals surface area contributed by atoms with Gasteiger partial charge in [0, 0.05) is 11.8 Å². The van der Waals surface area contributed by atoms with Gasteiger partial charge in [-0.15, -0.1) is 0 Å². The maximum atomic E-state index is 12.2. The molecule has 27 heavy (non-hydrogen) atoms. The van der Waals surface area contributed by atoms with Crippen LogP contribution in [0.25, 0.3) is 0 Å². The Morgan fingerprint density at radius 2 is 1.78 bits per heavy atom. The summed E-state index contributed by atoms with van der Waals surface area (Å²) in [6, 6.07) is 9.82. The maximum Gasteiger partial charge on any atom is 0.387 e. The fraction of sp³-hybridized carbons (Fsp3) is 0.222. The number of nitrogens with one attached hydrogen (secondary N) is 1. The van der Waals surface area contributed by atoms with Crippen LogP contribution in [0.3, 0.4) is 0 Å². The van der Waals surface area contributed by atoms with E-state index in [1.165, 1.54) is 31.2 Å². The van der Waals surface area contributed by atoms with Crippen LogP contribution < -0.4 is 19.5 Å². The lowest BCUT2D eigenvalue weighted by Gasteiger charge is -2.14. The molecule has 1 atom stereocenters. The van der Waals surface area contributed by atoms with Gasteiger partial charge in [0.25, 0.3) is 5.91 Å². The molecule has 0 aliphatic carbocycles. The summed E-state index contributed by atoms with van der Waals surface area (Å²) in [6.07, 6.45) is -1.08. The molecule has 1 N–H and O–H groups in total. The number of carbonyl (C=O) groups excluding carboxylic acids is 2. The van der Waals surface area contributed by atoms with E-state index >= 15 is 0 Å². The highest BCUT2D eigenvalue weighted by atomic mass is 19.3. The van der Waals surface area contributed by atoms with E-state index in [4.69, 9.17) is 14.2 Å². The average Bonchev–Trinajstić information content (AvgIpc) is 3.09. The van der Waals surface area contributed by atoms with Crippen molar-refractivity contribution in [2.45, 2.75) is 19.6 Å². The molecule has 0 spiro atoms. The third-order valence-corrected chi connectivity index (χ3v) is 3.61. The van der Waals surface area contributed by atoms with Crippen LogP contribution in [0.4, 0.5) is 14.5 Å². The standard InChI is InChI=1S/C18H15F2NO6/c1-10(16(22)21-12-4-7-14-15(8-12)25-9-24-14)26-17(23)11-2-5-13(6-3-11)27-18(19)20/h2-8,10,18H,9H2,1H3,(H,21,22)/t10-/m1/s1. The highest BCUT2D eigenvalue weighted by Gasteiger charge is 2.20. The van der Waals surface area contributed by atoms with Crippen molar-refractivity contribution in [2.75, 3.05) is 12.1 Å². The van der Waals surface area contributed by atoms with E-state index in [1.807, 2.05) is 0 Å². The summed E-state index contributed by atoms with van der Waals surface area (Å²) in [5.74, 6) is -0.322. The third-order valence-electron chi connectivity index (χ3n) is 3.61. The van der Waals surface area contributed by atoms with E-state index in [9.17, 15) is 18.4 Å². The Morgan fingerprint density at radius 3 is 2.48 bits per heavy atom. The molecule has 7 nitrogen and oxygen atoms in total. The van der Waals surface area contributed by atoms with Crippen molar-refractivity contribution < 1.29 is 37.3 Å². The van der Waals surface area contributed by atoms with Crippen LogP contribution in [0.2, 0.25) is 0 Å². The number of halogens is 2. The zero-order chi connectivity index (χ0) is 19.4. The molecule has 0 unspecified atom stereocenters. The molecule has 2 aromatic rings. The maximum absolute atomic E-state index is 12.2. The van der Waals surface area contributed by atoms with E-state index in [2.05, 4.69) is 10.1 Å². The van der Waals surface area contributed by atoms with Crippen LogP contribution in [0.5, 0.6) is 17.2 Å². The number of alkyl halides is 2. The molecule has 1 amide bonds. The fourth-order valence-electron chi connectivity index (χ4n) is 2.27. The van der Waals surface area contributed by atoms with Crippen LogP contribution in [-0.4, -0.2) is 31.4 Å². The molecule has 0 bridgehead atoms. The molecule has 1 heterocycles. The lowest BCUT2D eigenvalue weighted by atomic mass is 10.2. The van der Waals surface area contributed by atoms with Gasteiger partial charge in [0.2, 0.25) is 6.79 Å². The van der Waals surface area contributed by atoms with Gasteiger partial charge in [0.05, 0.1) is 5.56 Å². The molecule has 0 radical (unpaired) electrons. The average molecular weight is 379 g/mol. The predicted octanol–water partition coefficient (Wildman–Crippen LogP) is 3.20. The number of carbonyl (C=O) groups is 2. The van der Waals surface area contributed by atoms with Gasteiger partial charge in [-0.05, 0) is 43.3 Å². The van der Waals surface area contributed by atoms with Crippen LogP contribution in [0.1, 0.15) is 17.3 Å². The van der Waals surface area contributed by atoms with Gasteiger partial charge >= 0.3 is 12.6 Å². The second-order valence-corrected chi connectivity index (χ2v) is 5.51. The monoisotopic (exact) mass is 379 g/mol. The first-order chi connectivity index (χ1) is 12.9. The van der Waals surface area contributed by atoms with E-state index in [0.29, 0.717) is 17.2 Å². The lowest BCUT2D eigenvalue weighted by Crippen LogP contribution is -2.30. The first kappa shape index (κ1) is 18.4. The summed E-state index contributed by atoms with van der Waals surface area (Å²) >= 11 is 0. The Hall–Kier alpha value is -3.36. The molecule has 0 saturated carbocycles. The molecule has 0 fully saturated rings. The first-order valence-electron chi connectivity index (χ1n) is 7.89. The summed E-state index contributed by atoms with van der Waals surface area (Å²) in [5, 5.41) is 2.60. The molecule has 142 valence electrons. The molecular formula is C18H15F2NO6. The van der Waals surface area contributed by atoms with Crippen molar-refractivity contribution in [1.29, 1.82) is 0 Å². The van der Waals surface area contributed by atoms with Gasteiger partial charge in [-0.25, -0.2) is 4.79 Å². The van der Waals surface area contributed by atoms with Gasteiger partial charge in [0.15, 0.2) is 17.6 Å². The van der Waals surface area contributed by atoms with Crippen LogP contribution in [0.15, 0.2) is 42.5 Å². The van der Waals surface area contributed by atoms with Gasteiger partial charge in [-0.1, -0.05) is 0 Å².